The molecule has 1 fully saturated rings. The van der Waals surface area contributed by atoms with Gasteiger partial charge in [0.25, 0.3) is 5.91 Å². The van der Waals surface area contributed by atoms with E-state index >= 15 is 0 Å². The fraction of sp³-hybridized carbons (Fsp3) is 0.375. The average Bonchev–Trinajstić information content (AvgIpc) is 3.30. The highest BCUT2D eigenvalue weighted by atomic mass is 16.5. The minimum absolute atomic E-state index is 0.108. The van der Waals surface area contributed by atoms with Crippen LogP contribution in [0.15, 0.2) is 24.4 Å². The zero-order valence-corrected chi connectivity index (χ0v) is 12.2. The van der Waals surface area contributed by atoms with Crippen molar-refractivity contribution in [3.8, 4) is 11.5 Å². The lowest BCUT2D eigenvalue weighted by atomic mass is 10.1. The molecule has 0 radical (unpaired) electrons. The number of ether oxygens (including phenoxy) is 2. The number of methoxy groups -OCH3 is 1. The van der Waals surface area contributed by atoms with Crippen LogP contribution in [0.25, 0.3) is 10.9 Å². The lowest BCUT2D eigenvalue weighted by Gasteiger charge is -2.11. The third-order valence-corrected chi connectivity index (χ3v) is 3.38. The molecule has 1 amide bonds. The van der Waals surface area contributed by atoms with Gasteiger partial charge in [0.15, 0.2) is 0 Å². The Morgan fingerprint density at radius 1 is 1.38 bits per heavy atom. The van der Waals surface area contributed by atoms with Crippen LogP contribution in [0.5, 0.6) is 11.5 Å². The third-order valence-electron chi connectivity index (χ3n) is 3.38. The van der Waals surface area contributed by atoms with E-state index in [1.165, 1.54) is 0 Å². The van der Waals surface area contributed by atoms with E-state index in [4.69, 9.17) is 9.47 Å². The Kier molecular flexibility index (Phi) is 3.64. The van der Waals surface area contributed by atoms with Crippen molar-refractivity contribution in [3.63, 3.8) is 0 Å². The molecule has 1 saturated carbocycles. The summed E-state index contributed by atoms with van der Waals surface area (Å²) < 4.78 is 11.1. The highest BCUT2D eigenvalue weighted by molar-refractivity contribution is 6.00. The van der Waals surface area contributed by atoms with Gasteiger partial charge in [0.05, 0.1) is 19.4 Å². The van der Waals surface area contributed by atoms with Crippen LogP contribution in [0.3, 0.4) is 0 Å². The Labute approximate surface area is 123 Å². The summed E-state index contributed by atoms with van der Waals surface area (Å²) in [5.41, 5.74) is 1.34. The summed E-state index contributed by atoms with van der Waals surface area (Å²) in [5.74, 6) is 1.22. The van der Waals surface area contributed by atoms with E-state index in [0.29, 0.717) is 23.6 Å². The smallest absolute Gasteiger partial charge is 0.251 e. The first-order valence-corrected chi connectivity index (χ1v) is 7.14. The molecule has 1 heterocycles. The van der Waals surface area contributed by atoms with Crippen LogP contribution in [-0.2, 0) is 0 Å². The van der Waals surface area contributed by atoms with Gasteiger partial charge in [0, 0.05) is 17.5 Å². The number of hydrogen-bond donors (Lipinski definition) is 1. The van der Waals surface area contributed by atoms with Crippen molar-refractivity contribution in [2.45, 2.75) is 25.9 Å². The van der Waals surface area contributed by atoms with Crippen LogP contribution in [0.1, 0.15) is 30.1 Å². The van der Waals surface area contributed by atoms with Crippen LogP contribution in [0.4, 0.5) is 0 Å². The SMILES string of the molecule is CCNC(=O)c1cc(OC2CC2)c2ncc(OC)cc2c1. The Balaban J connectivity index is 2.08. The van der Waals surface area contributed by atoms with Crippen molar-refractivity contribution in [2.24, 2.45) is 0 Å². The maximum Gasteiger partial charge on any atom is 0.251 e. The van der Waals surface area contributed by atoms with Crippen LogP contribution in [0.2, 0.25) is 0 Å². The summed E-state index contributed by atoms with van der Waals surface area (Å²) in [6.45, 7) is 2.48. The van der Waals surface area contributed by atoms with E-state index in [2.05, 4.69) is 10.3 Å². The summed E-state index contributed by atoms with van der Waals surface area (Å²) >= 11 is 0. The zero-order valence-electron chi connectivity index (χ0n) is 12.2. The van der Waals surface area contributed by atoms with Gasteiger partial charge in [-0.3, -0.25) is 4.79 Å². The Morgan fingerprint density at radius 2 is 2.19 bits per heavy atom. The number of carbonyl (C=O) groups is 1. The molecule has 1 aliphatic carbocycles. The molecule has 5 heteroatoms. The number of hydrogen-bond acceptors (Lipinski definition) is 4. The molecule has 3 rings (SSSR count). The molecular weight excluding hydrogens is 268 g/mol. The fourth-order valence-electron chi connectivity index (χ4n) is 2.16. The van der Waals surface area contributed by atoms with E-state index in [0.717, 1.165) is 23.7 Å². The van der Waals surface area contributed by atoms with Crippen molar-refractivity contribution in [1.29, 1.82) is 0 Å². The number of fused-ring (bicyclic) bond motifs is 1. The molecule has 0 spiro atoms. The summed E-state index contributed by atoms with van der Waals surface area (Å²) in [6, 6.07) is 5.45. The normalized spacial score (nSPS) is 14.0. The van der Waals surface area contributed by atoms with Crippen molar-refractivity contribution in [3.05, 3.63) is 30.0 Å². The minimum Gasteiger partial charge on any atom is -0.495 e. The second-order valence-corrected chi connectivity index (χ2v) is 5.10. The van der Waals surface area contributed by atoms with E-state index in [1.807, 2.05) is 19.1 Å². The van der Waals surface area contributed by atoms with Gasteiger partial charge in [-0.2, -0.15) is 0 Å². The number of pyridine rings is 1. The van der Waals surface area contributed by atoms with Crippen LogP contribution < -0.4 is 14.8 Å². The maximum absolute atomic E-state index is 12.1. The van der Waals surface area contributed by atoms with Crippen molar-refractivity contribution in [2.75, 3.05) is 13.7 Å². The first-order chi connectivity index (χ1) is 10.2. The van der Waals surface area contributed by atoms with E-state index in [-0.39, 0.29) is 12.0 Å². The second kappa shape index (κ2) is 5.60. The van der Waals surface area contributed by atoms with Crippen molar-refractivity contribution >= 4 is 16.8 Å². The molecule has 1 aliphatic rings. The summed E-state index contributed by atoms with van der Waals surface area (Å²) in [6.07, 6.45) is 4.03. The number of aromatic nitrogens is 1. The van der Waals surface area contributed by atoms with E-state index in [9.17, 15) is 4.79 Å². The predicted octanol–water partition coefficient (Wildman–Crippen LogP) is 2.53. The van der Waals surface area contributed by atoms with Gasteiger partial charge < -0.3 is 14.8 Å². The Morgan fingerprint density at radius 3 is 2.86 bits per heavy atom. The maximum atomic E-state index is 12.1. The molecule has 0 unspecified atom stereocenters. The van der Waals surface area contributed by atoms with Gasteiger partial charge in [-0.25, -0.2) is 4.98 Å². The molecule has 0 bridgehead atoms. The Bertz CT molecular complexity index is 681. The van der Waals surface area contributed by atoms with Gasteiger partial charge in [0.2, 0.25) is 0 Å². The van der Waals surface area contributed by atoms with Gasteiger partial charge in [-0.05, 0) is 38.0 Å². The lowest BCUT2D eigenvalue weighted by molar-refractivity contribution is 0.0955. The van der Waals surface area contributed by atoms with Crippen LogP contribution in [-0.4, -0.2) is 30.6 Å². The number of nitrogens with zero attached hydrogens (tertiary/aromatic N) is 1. The standard InChI is InChI=1S/C16H18N2O3/c1-3-17-16(19)11-6-10-7-13(20-2)9-18-15(10)14(8-11)21-12-4-5-12/h6-9,12H,3-5H2,1-2H3,(H,17,19). The number of nitrogens with one attached hydrogen (secondary N) is 1. The largest absolute Gasteiger partial charge is 0.495 e. The number of carbonyl (C=O) groups excluding carboxylic acids is 1. The van der Waals surface area contributed by atoms with E-state index < -0.39 is 0 Å². The van der Waals surface area contributed by atoms with Crippen molar-refractivity contribution < 1.29 is 14.3 Å². The highest BCUT2D eigenvalue weighted by Crippen LogP contribution is 2.33. The first-order valence-electron chi connectivity index (χ1n) is 7.14. The lowest BCUT2D eigenvalue weighted by Crippen LogP contribution is -2.22. The molecule has 21 heavy (non-hydrogen) atoms. The average molecular weight is 286 g/mol. The first kappa shape index (κ1) is 13.7. The summed E-state index contributed by atoms with van der Waals surface area (Å²) in [7, 11) is 1.60. The monoisotopic (exact) mass is 286 g/mol. The molecule has 1 N–H and O–H groups in total. The zero-order chi connectivity index (χ0) is 14.8. The highest BCUT2D eigenvalue weighted by Gasteiger charge is 2.25. The second-order valence-electron chi connectivity index (χ2n) is 5.10. The van der Waals surface area contributed by atoms with Gasteiger partial charge >= 0.3 is 0 Å². The predicted molar refractivity (Wildman–Crippen MR) is 80.0 cm³/mol. The van der Waals surface area contributed by atoms with Crippen LogP contribution >= 0.6 is 0 Å². The third kappa shape index (κ3) is 2.91. The Hall–Kier alpha value is -2.30. The quantitative estimate of drug-likeness (QED) is 0.917. The number of rotatable bonds is 5. The molecule has 2 aromatic rings. The minimum atomic E-state index is -0.108. The molecule has 0 aliphatic heterocycles. The molecule has 1 aromatic carbocycles. The van der Waals surface area contributed by atoms with Gasteiger partial charge in [-0.1, -0.05) is 0 Å². The molecular formula is C16H18N2O3. The van der Waals surface area contributed by atoms with Gasteiger partial charge in [-0.15, -0.1) is 0 Å². The summed E-state index contributed by atoms with van der Waals surface area (Å²) in [4.78, 5) is 16.5. The van der Waals surface area contributed by atoms with Crippen molar-refractivity contribution in [1.82, 2.24) is 10.3 Å². The van der Waals surface area contributed by atoms with Crippen LogP contribution in [0, 0.1) is 0 Å². The molecule has 0 saturated heterocycles. The topological polar surface area (TPSA) is 60.5 Å². The number of amides is 1. The summed E-state index contributed by atoms with van der Waals surface area (Å²) in [5, 5.41) is 3.65. The van der Waals surface area contributed by atoms with Gasteiger partial charge in [0.1, 0.15) is 17.0 Å². The molecule has 110 valence electrons. The van der Waals surface area contributed by atoms with E-state index in [1.54, 1.807) is 19.4 Å². The molecule has 5 nitrogen and oxygen atoms in total. The molecule has 0 atom stereocenters. The molecule has 1 aromatic heterocycles. The number of benzene rings is 1. The fourth-order valence-corrected chi connectivity index (χ4v) is 2.16.